The minimum Gasteiger partial charge on any atom is -0.481 e. The highest BCUT2D eigenvalue weighted by Crippen LogP contribution is 2.30. The summed E-state index contributed by atoms with van der Waals surface area (Å²) in [6.45, 7) is 0.301. The topological polar surface area (TPSA) is 88.5 Å². The number of hydrogen-bond donors (Lipinski definition) is 2. The number of carbonyl (C=O) groups excluding carboxylic acids is 1. The highest BCUT2D eigenvalue weighted by atomic mass is 32.1. The molecule has 4 aromatic rings. The Balaban J connectivity index is 1.52. The Morgan fingerprint density at radius 1 is 1.03 bits per heavy atom. The summed E-state index contributed by atoms with van der Waals surface area (Å²) >= 11 is 1.59. The van der Waals surface area contributed by atoms with Crippen molar-refractivity contribution in [2.45, 2.75) is 12.8 Å². The number of benzene rings is 3. The second-order valence-corrected chi connectivity index (χ2v) is 8.71. The summed E-state index contributed by atoms with van der Waals surface area (Å²) in [6.07, 6.45) is 0.235. The molecular weight excluding hydrogens is 436 g/mol. The van der Waals surface area contributed by atoms with Crippen molar-refractivity contribution in [3.05, 3.63) is 78.4 Å². The largest absolute Gasteiger partial charge is 0.481 e. The Hall–Kier alpha value is -3.55. The van der Waals surface area contributed by atoms with Gasteiger partial charge in [0.25, 0.3) is 0 Å². The van der Waals surface area contributed by atoms with Gasteiger partial charge >= 0.3 is 5.97 Å². The maximum absolute atomic E-state index is 13.0. The van der Waals surface area contributed by atoms with Gasteiger partial charge in [-0.15, -0.1) is 0 Å². The zero-order chi connectivity index (χ0) is 23.2. The van der Waals surface area contributed by atoms with Crippen molar-refractivity contribution in [2.24, 2.45) is 5.92 Å². The molecule has 1 unspecified atom stereocenters. The van der Waals surface area contributed by atoms with E-state index in [0.717, 1.165) is 32.2 Å². The number of fused-ring (bicyclic) bond motifs is 1. The number of aliphatic carboxylic acids is 1. The van der Waals surface area contributed by atoms with Crippen molar-refractivity contribution in [1.82, 2.24) is 4.98 Å². The number of nitrogens with one attached hydrogen (secondary N) is 1. The fourth-order valence-corrected chi connectivity index (χ4v) is 4.55. The SMILES string of the molecule is COCCC(CC(=O)c1ccccc1-c1ccc(Nc2nc3ccccc3s2)cc1)C(=O)O. The van der Waals surface area contributed by atoms with Crippen molar-refractivity contribution in [1.29, 1.82) is 0 Å². The van der Waals surface area contributed by atoms with E-state index >= 15 is 0 Å². The van der Waals surface area contributed by atoms with Crippen LogP contribution in [0.3, 0.4) is 0 Å². The zero-order valence-electron chi connectivity index (χ0n) is 18.2. The Kier molecular flexibility index (Phi) is 7.12. The van der Waals surface area contributed by atoms with E-state index in [1.807, 2.05) is 60.7 Å². The van der Waals surface area contributed by atoms with Gasteiger partial charge in [0, 0.05) is 31.4 Å². The van der Waals surface area contributed by atoms with Crippen LogP contribution < -0.4 is 5.32 Å². The number of ketones is 1. The van der Waals surface area contributed by atoms with Gasteiger partial charge in [-0.05, 0) is 41.8 Å². The number of ether oxygens (including phenoxy) is 1. The Labute approximate surface area is 195 Å². The molecule has 2 N–H and O–H groups in total. The molecule has 0 bridgehead atoms. The van der Waals surface area contributed by atoms with Gasteiger partial charge in [-0.2, -0.15) is 0 Å². The van der Waals surface area contributed by atoms with Gasteiger partial charge < -0.3 is 15.2 Å². The number of nitrogens with zero attached hydrogens (tertiary/aromatic N) is 1. The van der Waals surface area contributed by atoms with Gasteiger partial charge in [0.1, 0.15) is 0 Å². The van der Waals surface area contributed by atoms with Gasteiger partial charge in [0.2, 0.25) is 0 Å². The van der Waals surface area contributed by atoms with E-state index < -0.39 is 11.9 Å². The first-order valence-corrected chi connectivity index (χ1v) is 11.4. The Morgan fingerprint density at radius 3 is 2.48 bits per heavy atom. The van der Waals surface area contributed by atoms with Crippen LogP contribution in [0.5, 0.6) is 0 Å². The number of carboxylic acids is 1. The monoisotopic (exact) mass is 460 g/mol. The number of carbonyl (C=O) groups is 2. The standard InChI is InChI=1S/C26H24N2O4S/c1-32-15-14-18(25(30)31)16-23(29)21-7-3-2-6-20(21)17-10-12-19(13-11-17)27-26-28-22-8-4-5-9-24(22)33-26/h2-13,18H,14-16H2,1H3,(H,27,28)(H,30,31). The van der Waals surface area contributed by atoms with Crippen molar-refractivity contribution in [3.8, 4) is 11.1 Å². The third-order valence-electron chi connectivity index (χ3n) is 5.42. The predicted octanol–water partition coefficient (Wildman–Crippen LogP) is 6.02. The van der Waals surface area contributed by atoms with Crippen LogP contribution in [0, 0.1) is 5.92 Å². The average Bonchev–Trinajstić information content (AvgIpc) is 3.24. The lowest BCUT2D eigenvalue weighted by atomic mass is 9.91. The third-order valence-corrected chi connectivity index (χ3v) is 6.37. The van der Waals surface area contributed by atoms with Crippen molar-refractivity contribution < 1.29 is 19.4 Å². The molecule has 0 saturated heterocycles. The summed E-state index contributed by atoms with van der Waals surface area (Å²) in [5, 5.41) is 13.6. The van der Waals surface area contributed by atoms with Crippen molar-refractivity contribution in [2.75, 3.05) is 19.0 Å². The van der Waals surface area contributed by atoms with E-state index in [1.165, 1.54) is 7.11 Å². The normalized spacial score (nSPS) is 11.9. The fraction of sp³-hybridized carbons (Fsp3) is 0.192. The van der Waals surface area contributed by atoms with Gasteiger partial charge in [-0.3, -0.25) is 9.59 Å². The number of para-hydroxylation sites is 1. The van der Waals surface area contributed by atoms with Crippen molar-refractivity contribution in [3.63, 3.8) is 0 Å². The van der Waals surface area contributed by atoms with Crippen LogP contribution >= 0.6 is 11.3 Å². The molecule has 0 aliphatic heterocycles. The highest BCUT2D eigenvalue weighted by Gasteiger charge is 2.23. The molecule has 1 aromatic heterocycles. The first-order valence-electron chi connectivity index (χ1n) is 10.6. The van der Waals surface area contributed by atoms with Crippen LogP contribution in [-0.4, -0.2) is 35.6 Å². The summed E-state index contributed by atoms with van der Waals surface area (Å²) in [5.41, 5.74) is 4.04. The summed E-state index contributed by atoms with van der Waals surface area (Å²) in [7, 11) is 1.52. The molecule has 1 heterocycles. The Bertz CT molecular complexity index is 1230. The van der Waals surface area contributed by atoms with Crippen LogP contribution in [0.2, 0.25) is 0 Å². The number of Topliss-reactive ketones (excluding diaryl/α,β-unsaturated/α-hetero) is 1. The summed E-state index contributed by atoms with van der Waals surface area (Å²) in [6, 6.07) is 23.1. The number of anilines is 2. The number of rotatable bonds is 10. The lowest BCUT2D eigenvalue weighted by Gasteiger charge is -2.14. The summed E-state index contributed by atoms with van der Waals surface area (Å²) in [5.74, 6) is -1.94. The highest BCUT2D eigenvalue weighted by molar-refractivity contribution is 7.22. The average molecular weight is 461 g/mol. The minimum atomic E-state index is -0.983. The van der Waals surface area contributed by atoms with Gasteiger partial charge in [0.05, 0.1) is 16.1 Å². The molecule has 0 saturated carbocycles. The maximum atomic E-state index is 13.0. The second kappa shape index (κ2) is 10.4. The van der Waals surface area contributed by atoms with E-state index in [4.69, 9.17) is 4.74 Å². The lowest BCUT2D eigenvalue weighted by Crippen LogP contribution is -2.20. The first-order chi connectivity index (χ1) is 16.0. The first kappa shape index (κ1) is 22.6. The molecule has 4 rings (SSSR count). The molecule has 6 nitrogen and oxygen atoms in total. The molecule has 0 aliphatic rings. The number of aromatic nitrogens is 1. The molecule has 0 aliphatic carbocycles. The maximum Gasteiger partial charge on any atom is 0.307 e. The predicted molar refractivity (Wildman–Crippen MR) is 131 cm³/mol. The lowest BCUT2D eigenvalue weighted by molar-refractivity contribution is -0.142. The van der Waals surface area contributed by atoms with Crippen LogP contribution in [-0.2, 0) is 9.53 Å². The smallest absolute Gasteiger partial charge is 0.307 e. The molecule has 0 amide bonds. The summed E-state index contributed by atoms with van der Waals surface area (Å²) < 4.78 is 6.11. The quantitative estimate of drug-likeness (QED) is 0.282. The van der Waals surface area contributed by atoms with E-state index in [-0.39, 0.29) is 12.2 Å². The van der Waals surface area contributed by atoms with Gasteiger partial charge in [0.15, 0.2) is 10.9 Å². The fourth-order valence-electron chi connectivity index (χ4n) is 3.67. The number of methoxy groups -OCH3 is 1. The second-order valence-electron chi connectivity index (χ2n) is 7.68. The molecule has 7 heteroatoms. The summed E-state index contributed by atoms with van der Waals surface area (Å²) in [4.78, 5) is 29.1. The molecule has 33 heavy (non-hydrogen) atoms. The van der Waals surface area contributed by atoms with Crippen LogP contribution in [0.1, 0.15) is 23.2 Å². The number of thiazole rings is 1. The molecule has 168 valence electrons. The molecule has 1 atom stereocenters. The zero-order valence-corrected chi connectivity index (χ0v) is 19.0. The molecule has 3 aromatic carbocycles. The van der Waals surface area contributed by atoms with E-state index in [1.54, 1.807) is 23.5 Å². The van der Waals surface area contributed by atoms with Crippen LogP contribution in [0.15, 0.2) is 72.8 Å². The van der Waals surface area contributed by atoms with E-state index in [0.29, 0.717) is 18.6 Å². The molecule has 0 spiro atoms. The van der Waals surface area contributed by atoms with Crippen LogP contribution in [0.25, 0.3) is 21.3 Å². The van der Waals surface area contributed by atoms with E-state index in [9.17, 15) is 14.7 Å². The van der Waals surface area contributed by atoms with Crippen LogP contribution in [0.4, 0.5) is 10.8 Å². The van der Waals surface area contributed by atoms with Gasteiger partial charge in [-0.1, -0.05) is 59.9 Å². The van der Waals surface area contributed by atoms with Gasteiger partial charge in [-0.25, -0.2) is 4.98 Å². The third kappa shape index (κ3) is 5.45. The van der Waals surface area contributed by atoms with E-state index in [2.05, 4.69) is 10.3 Å². The molecule has 0 radical (unpaired) electrons. The molecule has 0 fully saturated rings. The van der Waals surface area contributed by atoms with Crippen molar-refractivity contribution >= 4 is 44.1 Å². The minimum absolute atomic E-state index is 0.0625. The number of hydrogen-bond acceptors (Lipinski definition) is 6. The molecular formula is C26H24N2O4S. The number of carboxylic acid groups (broad SMARTS) is 1. The Morgan fingerprint density at radius 2 is 1.76 bits per heavy atom.